The van der Waals surface area contributed by atoms with Crippen LogP contribution in [0.25, 0.3) is 0 Å². The van der Waals surface area contributed by atoms with E-state index >= 15 is 0 Å². The third kappa shape index (κ3) is 4.16. The normalized spacial score (nSPS) is 15.7. The Bertz CT molecular complexity index is 541. The summed E-state index contributed by atoms with van der Waals surface area (Å²) in [5.41, 5.74) is 7.55. The smallest absolute Gasteiger partial charge is 0.221 e. The number of hydrogen-bond acceptors (Lipinski definition) is 4. The second-order valence-corrected chi connectivity index (χ2v) is 6.27. The molecule has 1 aromatic rings. The van der Waals surface area contributed by atoms with Crippen molar-refractivity contribution in [2.24, 2.45) is 5.73 Å². The summed E-state index contributed by atoms with van der Waals surface area (Å²) in [6, 6.07) is 6.26. The van der Waals surface area contributed by atoms with Crippen molar-refractivity contribution in [2.45, 2.75) is 45.6 Å². The van der Waals surface area contributed by atoms with Crippen LogP contribution in [-0.2, 0) is 4.79 Å². The Kier molecular flexibility index (Phi) is 5.88. The van der Waals surface area contributed by atoms with E-state index < -0.39 is 0 Å². The van der Waals surface area contributed by atoms with Gasteiger partial charge in [-0.1, -0.05) is 19.9 Å². The molecule has 0 unspecified atom stereocenters. The van der Waals surface area contributed by atoms with E-state index in [1.54, 1.807) is 0 Å². The van der Waals surface area contributed by atoms with Crippen LogP contribution in [0.5, 0.6) is 5.75 Å². The maximum Gasteiger partial charge on any atom is 0.221 e. The minimum Gasteiger partial charge on any atom is -0.483 e. The molecule has 0 bridgehead atoms. The third-order valence-corrected chi connectivity index (χ3v) is 4.62. The molecule has 1 heterocycles. The van der Waals surface area contributed by atoms with Crippen molar-refractivity contribution in [3.05, 3.63) is 23.8 Å². The molecule has 5 heteroatoms. The predicted molar refractivity (Wildman–Crippen MR) is 94.0 cm³/mol. The maximum absolute atomic E-state index is 11.9. The largest absolute Gasteiger partial charge is 0.483 e. The molecule has 0 atom stereocenters. The summed E-state index contributed by atoms with van der Waals surface area (Å²) in [7, 11) is 0. The predicted octanol–water partition coefficient (Wildman–Crippen LogP) is 2.22. The van der Waals surface area contributed by atoms with E-state index in [1.165, 1.54) is 5.56 Å². The molecule has 0 saturated carbocycles. The Balaban J connectivity index is 2.16. The zero-order valence-electron chi connectivity index (χ0n) is 14.5. The van der Waals surface area contributed by atoms with Gasteiger partial charge in [-0.25, -0.2) is 0 Å². The summed E-state index contributed by atoms with van der Waals surface area (Å²) in [5, 5.41) is 2.83. The first-order valence-corrected chi connectivity index (χ1v) is 8.55. The van der Waals surface area contributed by atoms with Crippen LogP contribution in [0.3, 0.4) is 0 Å². The van der Waals surface area contributed by atoms with E-state index in [1.807, 2.05) is 6.07 Å². The molecule has 128 valence electrons. The molecule has 3 N–H and O–H groups in total. The van der Waals surface area contributed by atoms with E-state index in [-0.39, 0.29) is 11.5 Å². The SMILES string of the molecule is CCC1(CC)CN(CCC(=O)NCCN)c2cc(C)ccc2O1. The Morgan fingerprint density at radius 2 is 2.13 bits per heavy atom. The number of carbonyl (C=O) groups excluding carboxylic acids is 1. The number of carbonyl (C=O) groups is 1. The van der Waals surface area contributed by atoms with Crippen molar-refractivity contribution in [2.75, 3.05) is 31.1 Å². The highest BCUT2D eigenvalue weighted by molar-refractivity contribution is 5.76. The Hall–Kier alpha value is -1.75. The summed E-state index contributed by atoms with van der Waals surface area (Å²) in [5.74, 6) is 0.975. The molecule has 1 aliphatic rings. The second-order valence-electron chi connectivity index (χ2n) is 6.27. The lowest BCUT2D eigenvalue weighted by atomic mass is 9.93. The standard InChI is InChI=1S/C18H29N3O2/c1-4-18(5-2)13-21(11-8-17(22)20-10-9-19)15-12-14(3)6-7-16(15)23-18/h6-7,12H,4-5,8-11,13,19H2,1-3H3,(H,20,22). The molecule has 0 aromatic heterocycles. The van der Waals surface area contributed by atoms with Crippen molar-refractivity contribution in [3.8, 4) is 5.75 Å². The summed E-state index contributed by atoms with van der Waals surface area (Å²) < 4.78 is 6.32. The third-order valence-electron chi connectivity index (χ3n) is 4.62. The van der Waals surface area contributed by atoms with Crippen molar-refractivity contribution in [3.63, 3.8) is 0 Å². The number of ether oxygens (including phenoxy) is 1. The summed E-state index contributed by atoms with van der Waals surface area (Å²) in [4.78, 5) is 14.2. The van der Waals surface area contributed by atoms with Gasteiger partial charge in [0.2, 0.25) is 5.91 Å². The zero-order valence-corrected chi connectivity index (χ0v) is 14.5. The Labute approximate surface area is 139 Å². The lowest BCUT2D eigenvalue weighted by Crippen LogP contribution is -2.51. The van der Waals surface area contributed by atoms with Gasteiger partial charge in [0.25, 0.3) is 0 Å². The number of nitrogens with zero attached hydrogens (tertiary/aromatic N) is 1. The van der Waals surface area contributed by atoms with Gasteiger partial charge in [0.1, 0.15) is 11.4 Å². The number of benzene rings is 1. The van der Waals surface area contributed by atoms with Crippen molar-refractivity contribution in [1.29, 1.82) is 0 Å². The van der Waals surface area contributed by atoms with E-state index in [4.69, 9.17) is 10.5 Å². The Morgan fingerprint density at radius 1 is 1.39 bits per heavy atom. The van der Waals surface area contributed by atoms with Gasteiger partial charge in [-0.15, -0.1) is 0 Å². The molecule has 2 rings (SSSR count). The summed E-state index contributed by atoms with van der Waals surface area (Å²) in [6.45, 7) is 8.92. The van der Waals surface area contributed by atoms with Gasteiger partial charge in [-0.3, -0.25) is 4.79 Å². The molecule has 0 aliphatic carbocycles. The first kappa shape index (κ1) is 17.6. The van der Waals surface area contributed by atoms with Crippen LogP contribution >= 0.6 is 0 Å². The minimum absolute atomic E-state index is 0.0507. The monoisotopic (exact) mass is 319 g/mol. The molecule has 1 amide bonds. The molecule has 0 fully saturated rings. The molecule has 5 nitrogen and oxygen atoms in total. The van der Waals surface area contributed by atoms with Crippen LogP contribution in [0, 0.1) is 6.92 Å². The fourth-order valence-corrected chi connectivity index (χ4v) is 3.01. The lowest BCUT2D eigenvalue weighted by molar-refractivity contribution is -0.120. The molecule has 1 aromatic carbocycles. The van der Waals surface area contributed by atoms with Gasteiger partial charge in [0, 0.05) is 26.1 Å². The van der Waals surface area contributed by atoms with Crippen LogP contribution in [0.2, 0.25) is 0 Å². The zero-order chi connectivity index (χ0) is 16.9. The molecular weight excluding hydrogens is 290 g/mol. The molecule has 1 aliphatic heterocycles. The van der Waals surface area contributed by atoms with Gasteiger partial charge in [-0.2, -0.15) is 0 Å². The highest BCUT2D eigenvalue weighted by atomic mass is 16.5. The average molecular weight is 319 g/mol. The van der Waals surface area contributed by atoms with E-state index in [0.29, 0.717) is 26.1 Å². The number of nitrogens with two attached hydrogens (primary N) is 1. The number of rotatable bonds is 7. The fraction of sp³-hybridized carbons (Fsp3) is 0.611. The molecule has 0 saturated heterocycles. The van der Waals surface area contributed by atoms with Gasteiger partial charge < -0.3 is 20.7 Å². The first-order chi connectivity index (χ1) is 11.0. The van der Waals surface area contributed by atoms with Gasteiger partial charge in [0.05, 0.1) is 12.2 Å². The average Bonchev–Trinajstić information content (AvgIpc) is 2.57. The highest BCUT2D eigenvalue weighted by Crippen LogP contribution is 2.40. The highest BCUT2D eigenvalue weighted by Gasteiger charge is 2.36. The van der Waals surface area contributed by atoms with Crippen LogP contribution in [-0.4, -0.2) is 37.7 Å². The number of hydrogen-bond donors (Lipinski definition) is 2. The topological polar surface area (TPSA) is 67.6 Å². The van der Waals surface area contributed by atoms with Crippen LogP contribution in [0.1, 0.15) is 38.7 Å². The Morgan fingerprint density at radius 3 is 2.78 bits per heavy atom. The van der Waals surface area contributed by atoms with Crippen molar-refractivity contribution >= 4 is 11.6 Å². The molecule has 23 heavy (non-hydrogen) atoms. The van der Waals surface area contributed by atoms with Crippen LogP contribution in [0.4, 0.5) is 5.69 Å². The minimum atomic E-state index is -0.171. The first-order valence-electron chi connectivity index (χ1n) is 8.55. The summed E-state index contributed by atoms with van der Waals surface area (Å²) >= 11 is 0. The number of aryl methyl sites for hydroxylation is 1. The number of fused-ring (bicyclic) bond motifs is 1. The number of anilines is 1. The van der Waals surface area contributed by atoms with Gasteiger partial charge in [-0.05, 0) is 37.5 Å². The van der Waals surface area contributed by atoms with Gasteiger partial charge in [0.15, 0.2) is 0 Å². The van der Waals surface area contributed by atoms with E-state index in [2.05, 4.69) is 43.1 Å². The lowest BCUT2D eigenvalue weighted by Gasteiger charge is -2.44. The van der Waals surface area contributed by atoms with Crippen LogP contribution in [0.15, 0.2) is 18.2 Å². The molecule has 0 spiro atoms. The quantitative estimate of drug-likeness (QED) is 0.808. The second kappa shape index (κ2) is 7.68. The van der Waals surface area contributed by atoms with Crippen molar-refractivity contribution < 1.29 is 9.53 Å². The fourth-order valence-electron chi connectivity index (χ4n) is 3.01. The molecule has 0 radical (unpaired) electrons. The number of nitrogens with one attached hydrogen (secondary N) is 1. The maximum atomic E-state index is 11.9. The van der Waals surface area contributed by atoms with E-state index in [9.17, 15) is 4.79 Å². The van der Waals surface area contributed by atoms with Gasteiger partial charge >= 0.3 is 0 Å². The van der Waals surface area contributed by atoms with E-state index in [0.717, 1.165) is 30.8 Å². The summed E-state index contributed by atoms with van der Waals surface area (Å²) in [6.07, 6.45) is 2.37. The number of amides is 1. The molecular formula is C18H29N3O2. The van der Waals surface area contributed by atoms with Crippen molar-refractivity contribution in [1.82, 2.24) is 5.32 Å². The van der Waals surface area contributed by atoms with Crippen LogP contribution < -0.4 is 20.7 Å².